The Morgan fingerprint density at radius 2 is 1.95 bits per heavy atom. The third kappa shape index (κ3) is 2.91. The highest BCUT2D eigenvalue weighted by Gasteiger charge is 2.14. The lowest BCUT2D eigenvalue weighted by atomic mass is 10.4. The molecule has 0 atom stereocenters. The zero-order valence-electron chi connectivity index (χ0n) is 11.7. The number of imidazole rings is 1. The Bertz CT molecular complexity index is 542. The summed E-state index contributed by atoms with van der Waals surface area (Å²) in [6, 6.07) is 0.665. The predicted octanol–water partition coefficient (Wildman–Crippen LogP) is 2.51. The number of hydrogen-bond acceptors (Lipinski definition) is 5. The Balaban J connectivity index is 2.13. The summed E-state index contributed by atoms with van der Waals surface area (Å²) in [6.45, 7) is 8.43. The molecule has 0 spiro atoms. The number of aromatic nitrogens is 5. The van der Waals surface area contributed by atoms with E-state index in [1.165, 1.54) is 5.69 Å². The molecular weight excluding hydrogens is 260 g/mol. The zero-order valence-corrected chi connectivity index (χ0v) is 12.6. The van der Waals surface area contributed by atoms with E-state index in [1.54, 1.807) is 11.8 Å². The molecule has 0 unspecified atom stereocenters. The van der Waals surface area contributed by atoms with Crippen LogP contribution in [0.5, 0.6) is 0 Å². The summed E-state index contributed by atoms with van der Waals surface area (Å²) < 4.78 is 4.10. The monoisotopic (exact) mass is 280 g/mol. The maximum absolute atomic E-state index is 5.83. The first kappa shape index (κ1) is 13.9. The molecule has 0 bridgehead atoms. The van der Waals surface area contributed by atoms with Gasteiger partial charge >= 0.3 is 0 Å². The lowest BCUT2D eigenvalue weighted by molar-refractivity contribution is 0.556. The molecule has 0 aromatic carbocycles. The Hall–Kier alpha value is -1.50. The smallest absolute Gasteiger partial charge is 0.222 e. The van der Waals surface area contributed by atoms with Crippen molar-refractivity contribution in [2.75, 3.05) is 5.73 Å². The van der Waals surface area contributed by atoms with Gasteiger partial charge in [-0.05, 0) is 27.7 Å². The average Bonchev–Trinajstić information content (AvgIpc) is 2.92. The van der Waals surface area contributed by atoms with Gasteiger partial charge in [-0.15, -0.1) is 10.2 Å². The molecule has 0 radical (unpaired) electrons. The topological polar surface area (TPSA) is 74.6 Å². The molecule has 0 amide bonds. The van der Waals surface area contributed by atoms with Gasteiger partial charge in [0, 0.05) is 29.7 Å². The SMILES string of the molecule is CC(C)n1cncc1CSc1nnc(N)n1C(C)C. The first-order chi connectivity index (χ1) is 9.00. The van der Waals surface area contributed by atoms with Crippen LogP contribution in [0.2, 0.25) is 0 Å². The molecule has 2 rings (SSSR count). The molecule has 0 saturated carbocycles. The maximum atomic E-state index is 5.83. The van der Waals surface area contributed by atoms with E-state index in [0.717, 1.165) is 10.9 Å². The third-order valence-electron chi connectivity index (χ3n) is 2.86. The molecule has 2 heterocycles. The number of anilines is 1. The van der Waals surface area contributed by atoms with E-state index in [1.807, 2.05) is 17.1 Å². The highest BCUT2D eigenvalue weighted by atomic mass is 32.2. The molecule has 0 aliphatic carbocycles. The molecule has 7 heteroatoms. The van der Waals surface area contributed by atoms with Crippen molar-refractivity contribution >= 4 is 17.7 Å². The molecule has 6 nitrogen and oxygen atoms in total. The predicted molar refractivity (Wildman–Crippen MR) is 77.0 cm³/mol. The Morgan fingerprint density at radius 3 is 2.58 bits per heavy atom. The minimum absolute atomic E-state index is 0.257. The van der Waals surface area contributed by atoms with Crippen molar-refractivity contribution in [3.05, 3.63) is 18.2 Å². The van der Waals surface area contributed by atoms with Crippen LogP contribution < -0.4 is 5.73 Å². The molecule has 104 valence electrons. The van der Waals surface area contributed by atoms with Gasteiger partial charge in [0.2, 0.25) is 5.95 Å². The van der Waals surface area contributed by atoms with Gasteiger partial charge in [-0.2, -0.15) is 0 Å². The number of nitrogens with two attached hydrogens (primary N) is 1. The summed E-state index contributed by atoms with van der Waals surface area (Å²) in [5.41, 5.74) is 7.01. The molecule has 0 saturated heterocycles. The van der Waals surface area contributed by atoms with Crippen LogP contribution in [0.25, 0.3) is 0 Å². The average molecular weight is 280 g/mol. The summed E-state index contributed by atoms with van der Waals surface area (Å²) in [5, 5.41) is 8.93. The lowest BCUT2D eigenvalue weighted by Crippen LogP contribution is -2.07. The fourth-order valence-electron chi connectivity index (χ4n) is 1.92. The molecule has 2 aromatic rings. The van der Waals surface area contributed by atoms with Crippen molar-refractivity contribution in [2.45, 2.75) is 50.7 Å². The van der Waals surface area contributed by atoms with Crippen LogP contribution in [0, 0.1) is 0 Å². The molecule has 2 N–H and O–H groups in total. The van der Waals surface area contributed by atoms with E-state index in [2.05, 4.69) is 47.4 Å². The van der Waals surface area contributed by atoms with Crippen LogP contribution in [0.1, 0.15) is 45.5 Å². The zero-order chi connectivity index (χ0) is 14.0. The first-order valence-corrected chi connectivity index (χ1v) is 7.33. The second-order valence-electron chi connectivity index (χ2n) is 4.98. The third-order valence-corrected chi connectivity index (χ3v) is 3.84. The summed E-state index contributed by atoms with van der Waals surface area (Å²) >= 11 is 1.63. The fourth-order valence-corrected chi connectivity index (χ4v) is 2.96. The number of nitrogen functional groups attached to an aromatic ring is 1. The van der Waals surface area contributed by atoms with Crippen LogP contribution in [0.4, 0.5) is 5.95 Å². The molecule has 0 aliphatic rings. The normalized spacial score (nSPS) is 11.7. The van der Waals surface area contributed by atoms with Gasteiger partial charge in [0.1, 0.15) is 0 Å². The van der Waals surface area contributed by atoms with E-state index < -0.39 is 0 Å². The number of thioether (sulfide) groups is 1. The van der Waals surface area contributed by atoms with Crippen molar-refractivity contribution in [3.8, 4) is 0 Å². The highest BCUT2D eigenvalue weighted by Crippen LogP contribution is 2.26. The van der Waals surface area contributed by atoms with Crippen LogP contribution in [-0.4, -0.2) is 24.3 Å². The summed E-state index contributed by atoms with van der Waals surface area (Å²) in [7, 11) is 0. The van der Waals surface area contributed by atoms with Gasteiger partial charge in [-0.3, -0.25) is 4.57 Å². The largest absolute Gasteiger partial charge is 0.368 e. The molecule has 0 fully saturated rings. The minimum atomic E-state index is 0.257. The van der Waals surface area contributed by atoms with E-state index in [4.69, 9.17) is 5.73 Å². The van der Waals surface area contributed by atoms with Gasteiger partial charge in [0.25, 0.3) is 0 Å². The number of nitrogens with zero attached hydrogens (tertiary/aromatic N) is 5. The summed E-state index contributed by atoms with van der Waals surface area (Å²) in [5.74, 6) is 1.28. The van der Waals surface area contributed by atoms with Gasteiger partial charge in [0.15, 0.2) is 5.16 Å². The van der Waals surface area contributed by atoms with E-state index in [-0.39, 0.29) is 6.04 Å². The maximum Gasteiger partial charge on any atom is 0.222 e. The van der Waals surface area contributed by atoms with E-state index >= 15 is 0 Å². The molecule has 2 aromatic heterocycles. The van der Waals surface area contributed by atoms with Gasteiger partial charge in [-0.1, -0.05) is 11.8 Å². The van der Waals surface area contributed by atoms with Crippen molar-refractivity contribution < 1.29 is 0 Å². The Kier molecular flexibility index (Phi) is 4.14. The van der Waals surface area contributed by atoms with Crippen LogP contribution in [-0.2, 0) is 5.75 Å². The van der Waals surface area contributed by atoms with Gasteiger partial charge in [0.05, 0.1) is 6.33 Å². The van der Waals surface area contributed by atoms with Crippen molar-refractivity contribution in [1.29, 1.82) is 0 Å². The first-order valence-electron chi connectivity index (χ1n) is 6.34. The van der Waals surface area contributed by atoms with Crippen molar-refractivity contribution in [1.82, 2.24) is 24.3 Å². The van der Waals surface area contributed by atoms with Gasteiger partial charge in [-0.25, -0.2) is 4.98 Å². The quantitative estimate of drug-likeness (QED) is 0.852. The van der Waals surface area contributed by atoms with Crippen LogP contribution in [0.15, 0.2) is 17.7 Å². The van der Waals surface area contributed by atoms with Crippen molar-refractivity contribution in [2.24, 2.45) is 0 Å². The Labute approximate surface area is 117 Å². The fraction of sp³-hybridized carbons (Fsp3) is 0.583. The second-order valence-corrected chi connectivity index (χ2v) is 5.92. The van der Waals surface area contributed by atoms with E-state index in [9.17, 15) is 0 Å². The number of hydrogen-bond donors (Lipinski definition) is 1. The van der Waals surface area contributed by atoms with E-state index in [0.29, 0.717) is 12.0 Å². The second kappa shape index (κ2) is 5.64. The Morgan fingerprint density at radius 1 is 1.21 bits per heavy atom. The molecule has 0 aliphatic heterocycles. The van der Waals surface area contributed by atoms with Crippen LogP contribution in [0.3, 0.4) is 0 Å². The van der Waals surface area contributed by atoms with Crippen LogP contribution >= 0.6 is 11.8 Å². The molecule has 19 heavy (non-hydrogen) atoms. The number of rotatable bonds is 5. The summed E-state index contributed by atoms with van der Waals surface area (Å²) in [6.07, 6.45) is 3.76. The molecular formula is C12H20N6S. The standard InChI is InChI=1S/C12H20N6S/c1-8(2)17-7-14-5-10(17)6-19-12-16-15-11(13)18(12)9(3)4/h5,7-9H,6H2,1-4H3,(H2,13,15). The lowest BCUT2D eigenvalue weighted by Gasteiger charge is -2.13. The minimum Gasteiger partial charge on any atom is -0.368 e. The summed E-state index contributed by atoms with van der Waals surface area (Å²) in [4.78, 5) is 4.20. The highest BCUT2D eigenvalue weighted by molar-refractivity contribution is 7.98. The van der Waals surface area contributed by atoms with Gasteiger partial charge < -0.3 is 10.3 Å². The van der Waals surface area contributed by atoms with Crippen molar-refractivity contribution in [3.63, 3.8) is 0 Å².